The zero-order chi connectivity index (χ0) is 18.7. The van der Waals surface area contributed by atoms with E-state index in [0.29, 0.717) is 29.9 Å². The highest BCUT2D eigenvalue weighted by molar-refractivity contribution is 7.18. The lowest BCUT2D eigenvalue weighted by molar-refractivity contribution is 0.0505. The van der Waals surface area contributed by atoms with Gasteiger partial charge in [0.1, 0.15) is 10.7 Å². The number of aryl methyl sites for hydroxylation is 2. The molecule has 0 saturated heterocycles. The van der Waals surface area contributed by atoms with Crippen molar-refractivity contribution < 1.29 is 9.53 Å². The van der Waals surface area contributed by atoms with Crippen LogP contribution in [0.5, 0.6) is 0 Å². The molecule has 0 fully saturated rings. The molecule has 0 unspecified atom stereocenters. The molecule has 0 aliphatic rings. The quantitative estimate of drug-likeness (QED) is 0.617. The number of thiophene rings is 1. The second-order valence-corrected chi connectivity index (χ2v) is 7.29. The Kier molecular flexibility index (Phi) is 5.52. The Morgan fingerprint density at radius 3 is 2.81 bits per heavy atom. The summed E-state index contributed by atoms with van der Waals surface area (Å²) in [5.74, 6) is 0.336. The fraction of sp³-hybridized carbons (Fsp3) is 0.350. The van der Waals surface area contributed by atoms with E-state index >= 15 is 0 Å². The van der Waals surface area contributed by atoms with E-state index in [2.05, 4.69) is 11.9 Å². The molecule has 2 heterocycles. The van der Waals surface area contributed by atoms with Gasteiger partial charge in [0.15, 0.2) is 0 Å². The number of benzene rings is 1. The lowest BCUT2D eigenvalue weighted by Crippen LogP contribution is -2.24. The lowest BCUT2D eigenvalue weighted by Gasteiger charge is -2.10. The van der Waals surface area contributed by atoms with Crippen LogP contribution in [0.3, 0.4) is 0 Å². The SMILES string of the molecule is CCCOC(=O)c1cccc(Cn2c(C)nc3sc(CC)cc3c2=O)c1. The van der Waals surface area contributed by atoms with Crippen LogP contribution in [0, 0.1) is 6.92 Å². The maximum Gasteiger partial charge on any atom is 0.338 e. The molecule has 6 heteroatoms. The Labute approximate surface area is 156 Å². The summed E-state index contributed by atoms with van der Waals surface area (Å²) in [6, 6.07) is 9.15. The highest BCUT2D eigenvalue weighted by atomic mass is 32.1. The Morgan fingerprint density at radius 2 is 2.08 bits per heavy atom. The van der Waals surface area contributed by atoms with Crippen LogP contribution in [-0.4, -0.2) is 22.1 Å². The maximum absolute atomic E-state index is 12.9. The first-order chi connectivity index (χ1) is 12.5. The second kappa shape index (κ2) is 7.83. The molecule has 0 atom stereocenters. The molecule has 0 spiro atoms. The van der Waals surface area contributed by atoms with Gasteiger partial charge in [0.2, 0.25) is 0 Å². The van der Waals surface area contributed by atoms with Gasteiger partial charge in [-0.25, -0.2) is 9.78 Å². The molecule has 2 aromatic heterocycles. The van der Waals surface area contributed by atoms with Crippen LogP contribution in [0.15, 0.2) is 35.1 Å². The fourth-order valence-electron chi connectivity index (χ4n) is 2.79. The summed E-state index contributed by atoms with van der Waals surface area (Å²) in [5.41, 5.74) is 1.33. The number of ether oxygens (including phenoxy) is 1. The molecule has 0 N–H and O–H groups in total. The summed E-state index contributed by atoms with van der Waals surface area (Å²) < 4.78 is 6.84. The fourth-order valence-corrected chi connectivity index (χ4v) is 3.79. The standard InChI is InChI=1S/C20H22N2O3S/c1-4-9-25-20(24)15-8-6-7-14(10-15)12-22-13(3)21-18-17(19(22)23)11-16(5-2)26-18/h6-8,10-11H,4-5,9,12H2,1-3H3. The molecule has 0 aliphatic carbocycles. The van der Waals surface area contributed by atoms with Crippen molar-refractivity contribution in [2.24, 2.45) is 0 Å². The minimum atomic E-state index is -0.336. The summed E-state index contributed by atoms with van der Waals surface area (Å²) in [4.78, 5) is 31.5. The zero-order valence-electron chi connectivity index (χ0n) is 15.2. The molecule has 1 aromatic carbocycles. The predicted octanol–water partition coefficient (Wildman–Crippen LogP) is 3.94. The highest BCUT2D eigenvalue weighted by Gasteiger charge is 2.13. The van der Waals surface area contributed by atoms with E-state index in [1.807, 2.05) is 32.0 Å². The van der Waals surface area contributed by atoms with Crippen molar-refractivity contribution in [3.63, 3.8) is 0 Å². The summed E-state index contributed by atoms with van der Waals surface area (Å²) >= 11 is 1.57. The van der Waals surface area contributed by atoms with Gasteiger partial charge in [0.25, 0.3) is 5.56 Å². The number of fused-ring (bicyclic) bond motifs is 1. The van der Waals surface area contributed by atoms with Crippen molar-refractivity contribution in [3.8, 4) is 0 Å². The smallest absolute Gasteiger partial charge is 0.338 e. The maximum atomic E-state index is 12.9. The van der Waals surface area contributed by atoms with E-state index in [4.69, 9.17) is 4.74 Å². The molecule has 3 rings (SSSR count). The van der Waals surface area contributed by atoms with Crippen molar-refractivity contribution >= 4 is 27.5 Å². The molecular weight excluding hydrogens is 348 g/mol. The summed E-state index contributed by atoms with van der Waals surface area (Å²) in [5, 5.41) is 0.663. The van der Waals surface area contributed by atoms with Gasteiger partial charge in [-0.2, -0.15) is 0 Å². The average molecular weight is 370 g/mol. The highest BCUT2D eigenvalue weighted by Crippen LogP contribution is 2.22. The number of esters is 1. The Balaban J connectivity index is 1.94. The third-order valence-electron chi connectivity index (χ3n) is 4.18. The normalized spacial score (nSPS) is 11.0. The van der Waals surface area contributed by atoms with E-state index in [-0.39, 0.29) is 11.5 Å². The van der Waals surface area contributed by atoms with Gasteiger partial charge in [-0.15, -0.1) is 11.3 Å². The van der Waals surface area contributed by atoms with Crippen molar-refractivity contribution in [1.82, 2.24) is 9.55 Å². The second-order valence-electron chi connectivity index (χ2n) is 6.17. The van der Waals surface area contributed by atoms with E-state index in [9.17, 15) is 9.59 Å². The lowest BCUT2D eigenvalue weighted by atomic mass is 10.1. The van der Waals surface area contributed by atoms with Crippen molar-refractivity contribution in [1.29, 1.82) is 0 Å². The van der Waals surface area contributed by atoms with Crippen LogP contribution in [0.4, 0.5) is 0 Å². The van der Waals surface area contributed by atoms with E-state index in [0.717, 1.165) is 28.1 Å². The van der Waals surface area contributed by atoms with Crippen molar-refractivity contribution in [3.05, 3.63) is 62.5 Å². The average Bonchev–Trinajstić information content (AvgIpc) is 3.06. The number of carbonyl (C=O) groups excluding carboxylic acids is 1. The van der Waals surface area contributed by atoms with E-state index < -0.39 is 0 Å². The van der Waals surface area contributed by atoms with Crippen LogP contribution < -0.4 is 5.56 Å². The Bertz CT molecular complexity index is 1000. The summed E-state index contributed by atoms with van der Waals surface area (Å²) in [6.45, 7) is 6.64. The number of hydrogen-bond acceptors (Lipinski definition) is 5. The van der Waals surface area contributed by atoms with Crippen LogP contribution in [0.2, 0.25) is 0 Å². The molecule has 5 nitrogen and oxygen atoms in total. The van der Waals surface area contributed by atoms with Gasteiger partial charge in [-0.3, -0.25) is 9.36 Å². The predicted molar refractivity (Wildman–Crippen MR) is 104 cm³/mol. The van der Waals surface area contributed by atoms with Gasteiger partial charge in [0.05, 0.1) is 24.1 Å². The van der Waals surface area contributed by atoms with Crippen LogP contribution in [0.25, 0.3) is 10.2 Å². The van der Waals surface area contributed by atoms with Gasteiger partial charge in [0, 0.05) is 4.88 Å². The minimum Gasteiger partial charge on any atom is -0.462 e. The topological polar surface area (TPSA) is 61.2 Å². The first kappa shape index (κ1) is 18.3. The summed E-state index contributed by atoms with van der Waals surface area (Å²) in [6.07, 6.45) is 1.67. The van der Waals surface area contributed by atoms with Gasteiger partial charge >= 0.3 is 5.97 Å². The molecule has 136 valence electrons. The van der Waals surface area contributed by atoms with Gasteiger partial charge in [-0.05, 0) is 43.5 Å². The molecule has 3 aromatic rings. The first-order valence-electron chi connectivity index (χ1n) is 8.79. The van der Waals surface area contributed by atoms with E-state index in [1.54, 1.807) is 28.0 Å². The largest absolute Gasteiger partial charge is 0.462 e. The number of rotatable bonds is 6. The van der Waals surface area contributed by atoms with Crippen molar-refractivity contribution in [2.75, 3.05) is 6.61 Å². The summed E-state index contributed by atoms with van der Waals surface area (Å²) in [7, 11) is 0. The van der Waals surface area contributed by atoms with Gasteiger partial charge in [-0.1, -0.05) is 26.0 Å². The molecule has 26 heavy (non-hydrogen) atoms. The van der Waals surface area contributed by atoms with Gasteiger partial charge < -0.3 is 4.74 Å². The molecule has 0 aliphatic heterocycles. The first-order valence-corrected chi connectivity index (χ1v) is 9.61. The Morgan fingerprint density at radius 1 is 1.27 bits per heavy atom. The number of carbonyl (C=O) groups is 1. The monoisotopic (exact) mass is 370 g/mol. The molecule has 0 amide bonds. The molecule has 0 bridgehead atoms. The zero-order valence-corrected chi connectivity index (χ0v) is 16.1. The van der Waals surface area contributed by atoms with Crippen molar-refractivity contribution in [2.45, 2.75) is 40.2 Å². The van der Waals surface area contributed by atoms with Crippen LogP contribution in [0.1, 0.15) is 46.9 Å². The van der Waals surface area contributed by atoms with Crippen LogP contribution in [-0.2, 0) is 17.7 Å². The number of hydrogen-bond donors (Lipinski definition) is 0. The molecular formula is C20H22N2O3S. The number of nitrogens with zero attached hydrogens (tertiary/aromatic N) is 2. The van der Waals surface area contributed by atoms with Crippen LogP contribution >= 0.6 is 11.3 Å². The molecule has 0 radical (unpaired) electrons. The third-order valence-corrected chi connectivity index (χ3v) is 5.36. The minimum absolute atomic E-state index is 0.0394. The third kappa shape index (κ3) is 3.70. The Hall–Kier alpha value is -2.47. The van der Waals surface area contributed by atoms with E-state index in [1.165, 1.54) is 0 Å². The molecule has 0 saturated carbocycles. The number of aromatic nitrogens is 2.